The van der Waals surface area contributed by atoms with E-state index in [1.807, 2.05) is 32.0 Å². The highest BCUT2D eigenvalue weighted by Gasteiger charge is 2.40. The molecule has 9 nitrogen and oxygen atoms in total. The van der Waals surface area contributed by atoms with Gasteiger partial charge in [0.25, 0.3) is 5.92 Å². The van der Waals surface area contributed by atoms with Gasteiger partial charge < -0.3 is 14.5 Å². The maximum atomic E-state index is 14.0. The molecule has 2 aliphatic heterocycles. The normalized spacial score (nSPS) is 21.3. The van der Waals surface area contributed by atoms with Crippen LogP contribution in [-0.2, 0) is 11.8 Å². The van der Waals surface area contributed by atoms with Gasteiger partial charge in [-0.2, -0.15) is 15.1 Å². The van der Waals surface area contributed by atoms with E-state index in [4.69, 9.17) is 9.72 Å². The van der Waals surface area contributed by atoms with Gasteiger partial charge in [-0.1, -0.05) is 0 Å². The van der Waals surface area contributed by atoms with Crippen LogP contribution in [0.5, 0.6) is 0 Å². The number of hydrogen-bond acceptors (Lipinski definition) is 8. The Hall–Kier alpha value is -2.95. The average molecular weight is 430 g/mol. The molecule has 0 N–H and O–H groups in total. The first-order chi connectivity index (χ1) is 14.8. The molecule has 0 spiro atoms. The maximum absolute atomic E-state index is 14.0. The van der Waals surface area contributed by atoms with E-state index in [9.17, 15) is 8.78 Å². The summed E-state index contributed by atoms with van der Waals surface area (Å²) in [5.74, 6) is -1.88. The van der Waals surface area contributed by atoms with Crippen LogP contribution in [0.2, 0.25) is 0 Å². The Morgan fingerprint density at radius 3 is 2.58 bits per heavy atom. The van der Waals surface area contributed by atoms with Gasteiger partial charge in [-0.15, -0.1) is 0 Å². The van der Waals surface area contributed by atoms with Gasteiger partial charge in [-0.05, 0) is 13.8 Å². The molecular weight excluding hydrogens is 406 g/mol. The lowest BCUT2D eigenvalue weighted by molar-refractivity contribution is 0.0257. The molecule has 0 bridgehead atoms. The van der Waals surface area contributed by atoms with Gasteiger partial charge in [0.2, 0.25) is 5.95 Å². The van der Waals surface area contributed by atoms with E-state index in [0.717, 1.165) is 17.0 Å². The molecule has 0 aromatic carbocycles. The minimum atomic E-state index is -2.74. The van der Waals surface area contributed by atoms with Crippen LogP contribution in [0.4, 0.5) is 20.5 Å². The van der Waals surface area contributed by atoms with Crippen LogP contribution in [-0.4, -0.2) is 68.4 Å². The van der Waals surface area contributed by atoms with Crippen molar-refractivity contribution in [2.75, 3.05) is 42.6 Å². The summed E-state index contributed by atoms with van der Waals surface area (Å²) in [5, 5.41) is 4.22. The zero-order valence-corrected chi connectivity index (χ0v) is 17.7. The highest BCUT2D eigenvalue weighted by atomic mass is 19.3. The van der Waals surface area contributed by atoms with Crippen molar-refractivity contribution < 1.29 is 13.5 Å². The second kappa shape index (κ2) is 7.33. The third kappa shape index (κ3) is 3.78. The van der Waals surface area contributed by atoms with E-state index in [1.54, 1.807) is 15.8 Å². The lowest BCUT2D eigenvalue weighted by Crippen LogP contribution is -2.39. The predicted octanol–water partition coefficient (Wildman–Crippen LogP) is 2.19. The fourth-order valence-electron chi connectivity index (χ4n) is 4.00. The van der Waals surface area contributed by atoms with E-state index in [1.165, 1.54) is 0 Å². The first kappa shape index (κ1) is 20.0. The molecule has 2 saturated heterocycles. The minimum Gasteiger partial charge on any atom is -0.370 e. The van der Waals surface area contributed by atoms with Gasteiger partial charge in [0.15, 0.2) is 17.0 Å². The number of halogens is 2. The molecule has 3 aromatic heterocycles. The SMILES string of the molecule is Cc1nc2nc(N3CCO[C@@H](c4cnn(C)c4)C3)nc(N3CCC(F)(F)C3)c2nc1C. The Morgan fingerprint density at radius 1 is 1.06 bits per heavy atom. The monoisotopic (exact) mass is 430 g/mol. The lowest BCUT2D eigenvalue weighted by Gasteiger charge is -2.33. The molecule has 0 unspecified atom stereocenters. The van der Waals surface area contributed by atoms with Gasteiger partial charge >= 0.3 is 0 Å². The highest BCUT2D eigenvalue weighted by Crippen LogP contribution is 2.34. The minimum absolute atomic E-state index is 0.174. The molecule has 0 radical (unpaired) electrons. The van der Waals surface area contributed by atoms with Crippen molar-refractivity contribution in [3.05, 3.63) is 29.3 Å². The van der Waals surface area contributed by atoms with Gasteiger partial charge in [0, 0.05) is 38.3 Å². The zero-order valence-electron chi connectivity index (χ0n) is 17.7. The Morgan fingerprint density at radius 2 is 1.87 bits per heavy atom. The summed E-state index contributed by atoms with van der Waals surface area (Å²) in [6, 6.07) is 0. The van der Waals surface area contributed by atoms with Crippen molar-refractivity contribution in [2.24, 2.45) is 7.05 Å². The maximum Gasteiger partial charge on any atom is 0.266 e. The first-order valence-electron chi connectivity index (χ1n) is 10.3. The first-order valence-corrected chi connectivity index (χ1v) is 10.3. The Labute approximate surface area is 178 Å². The van der Waals surface area contributed by atoms with Crippen molar-refractivity contribution in [2.45, 2.75) is 32.3 Å². The molecule has 5 heterocycles. The molecule has 1 atom stereocenters. The molecule has 2 aliphatic rings. The summed E-state index contributed by atoms with van der Waals surface area (Å²) < 4.78 is 35.6. The van der Waals surface area contributed by atoms with E-state index < -0.39 is 5.92 Å². The molecular formula is C20H24F2N8O. The molecule has 164 valence electrons. The fraction of sp³-hybridized carbons (Fsp3) is 0.550. The van der Waals surface area contributed by atoms with Crippen molar-refractivity contribution >= 4 is 22.9 Å². The smallest absolute Gasteiger partial charge is 0.266 e. The van der Waals surface area contributed by atoms with Crippen molar-refractivity contribution in [3.63, 3.8) is 0 Å². The highest BCUT2D eigenvalue weighted by molar-refractivity contribution is 5.84. The quantitative estimate of drug-likeness (QED) is 0.625. The summed E-state index contributed by atoms with van der Waals surface area (Å²) in [6.07, 6.45) is 3.33. The van der Waals surface area contributed by atoms with E-state index in [-0.39, 0.29) is 25.6 Å². The molecule has 5 rings (SSSR count). The number of anilines is 2. The lowest BCUT2D eigenvalue weighted by atomic mass is 10.1. The summed E-state index contributed by atoms with van der Waals surface area (Å²) in [6.45, 7) is 5.17. The van der Waals surface area contributed by atoms with Crippen molar-refractivity contribution in [3.8, 4) is 0 Å². The number of hydrogen-bond donors (Lipinski definition) is 0. The van der Waals surface area contributed by atoms with Crippen molar-refractivity contribution in [1.82, 2.24) is 29.7 Å². The number of ether oxygens (including phenoxy) is 1. The number of morpholine rings is 1. The number of aromatic nitrogens is 6. The van der Waals surface area contributed by atoms with Crippen LogP contribution >= 0.6 is 0 Å². The number of fused-ring (bicyclic) bond motifs is 1. The van der Waals surface area contributed by atoms with Gasteiger partial charge in [0.05, 0.1) is 37.3 Å². The largest absolute Gasteiger partial charge is 0.370 e. The number of rotatable bonds is 3. The van der Waals surface area contributed by atoms with Gasteiger partial charge in [-0.3, -0.25) is 4.68 Å². The van der Waals surface area contributed by atoms with Gasteiger partial charge in [0.1, 0.15) is 6.10 Å². The van der Waals surface area contributed by atoms with Crippen LogP contribution < -0.4 is 9.80 Å². The molecule has 2 fully saturated rings. The third-order valence-corrected chi connectivity index (χ3v) is 5.83. The molecule has 11 heteroatoms. The Kier molecular flexibility index (Phi) is 4.72. The summed E-state index contributed by atoms with van der Waals surface area (Å²) in [7, 11) is 1.86. The van der Waals surface area contributed by atoms with Crippen LogP contribution in [0.1, 0.15) is 29.5 Å². The Bertz CT molecular complexity index is 1130. The summed E-state index contributed by atoms with van der Waals surface area (Å²) in [5.41, 5.74) is 3.34. The van der Waals surface area contributed by atoms with Crippen LogP contribution in [0, 0.1) is 13.8 Å². The van der Waals surface area contributed by atoms with E-state index in [0.29, 0.717) is 42.6 Å². The fourth-order valence-corrected chi connectivity index (χ4v) is 4.00. The molecule has 0 aliphatic carbocycles. The summed E-state index contributed by atoms with van der Waals surface area (Å²) in [4.78, 5) is 22.1. The standard InChI is InChI=1S/C20H24F2N8O/c1-12-13(2)25-17-16(24-12)18(30-5-4-20(21,22)11-30)27-19(26-17)29-6-7-31-15(10-29)14-8-23-28(3)9-14/h8-9,15H,4-7,10-11H2,1-3H3/t15-/m1/s1. The number of aryl methyl sites for hydroxylation is 3. The topological polar surface area (TPSA) is 85.1 Å². The van der Waals surface area contributed by atoms with Crippen LogP contribution in [0.15, 0.2) is 12.4 Å². The predicted molar refractivity (Wildman–Crippen MR) is 110 cm³/mol. The molecule has 0 amide bonds. The van der Waals surface area contributed by atoms with Crippen LogP contribution in [0.25, 0.3) is 11.2 Å². The Balaban J connectivity index is 1.55. The third-order valence-electron chi connectivity index (χ3n) is 5.83. The second-order valence-corrected chi connectivity index (χ2v) is 8.19. The number of nitrogens with zero attached hydrogens (tertiary/aromatic N) is 8. The van der Waals surface area contributed by atoms with Gasteiger partial charge in [-0.25, -0.2) is 18.7 Å². The number of alkyl halides is 2. The molecule has 31 heavy (non-hydrogen) atoms. The van der Waals surface area contributed by atoms with Crippen molar-refractivity contribution in [1.29, 1.82) is 0 Å². The summed E-state index contributed by atoms with van der Waals surface area (Å²) >= 11 is 0. The average Bonchev–Trinajstić information content (AvgIpc) is 3.33. The molecule has 3 aromatic rings. The van der Waals surface area contributed by atoms with Crippen LogP contribution in [0.3, 0.4) is 0 Å². The zero-order chi connectivity index (χ0) is 21.8. The second-order valence-electron chi connectivity index (χ2n) is 8.19. The molecule has 0 saturated carbocycles. The van der Waals surface area contributed by atoms with E-state index in [2.05, 4.69) is 20.1 Å². The van der Waals surface area contributed by atoms with E-state index >= 15 is 0 Å².